The minimum atomic E-state index is -3.30. The molecule has 2 atom stereocenters. The number of sulfonamides is 1. The standard InChI is InChI=1S/C14H29NO4S/c1-12(2)19-9-10-20(17,18)15-8-6-4-5-7-14(15)11-13(3)16/h12-14,16H,4-11H2,1-3H3. The highest BCUT2D eigenvalue weighted by molar-refractivity contribution is 7.89. The molecule has 6 heteroatoms. The highest BCUT2D eigenvalue weighted by Gasteiger charge is 2.31. The van der Waals surface area contributed by atoms with Gasteiger partial charge < -0.3 is 9.84 Å². The zero-order valence-electron chi connectivity index (χ0n) is 12.9. The second-order valence-corrected chi connectivity index (χ2v) is 7.98. The predicted molar refractivity (Wildman–Crippen MR) is 80.1 cm³/mol. The number of hydrogen-bond acceptors (Lipinski definition) is 4. The van der Waals surface area contributed by atoms with E-state index in [0.29, 0.717) is 13.0 Å². The highest BCUT2D eigenvalue weighted by atomic mass is 32.2. The largest absolute Gasteiger partial charge is 0.393 e. The smallest absolute Gasteiger partial charge is 0.216 e. The molecule has 0 aromatic heterocycles. The van der Waals surface area contributed by atoms with Crippen molar-refractivity contribution < 1.29 is 18.3 Å². The summed E-state index contributed by atoms with van der Waals surface area (Å²) >= 11 is 0. The topological polar surface area (TPSA) is 66.8 Å². The molecule has 1 aliphatic heterocycles. The van der Waals surface area contributed by atoms with Crippen molar-refractivity contribution in [2.45, 2.75) is 71.1 Å². The Balaban J connectivity index is 2.70. The fourth-order valence-electron chi connectivity index (χ4n) is 2.65. The van der Waals surface area contributed by atoms with Gasteiger partial charge in [-0.15, -0.1) is 0 Å². The Hall–Kier alpha value is -0.170. The molecule has 0 aromatic rings. The first-order valence-corrected chi connectivity index (χ1v) is 9.23. The minimum absolute atomic E-state index is 0.0293. The molecule has 0 bridgehead atoms. The average Bonchev–Trinajstić information content (AvgIpc) is 2.53. The van der Waals surface area contributed by atoms with Crippen molar-refractivity contribution in [3.63, 3.8) is 0 Å². The van der Waals surface area contributed by atoms with E-state index in [1.807, 2.05) is 13.8 Å². The van der Waals surface area contributed by atoms with Crippen molar-refractivity contribution in [1.29, 1.82) is 0 Å². The molecule has 1 heterocycles. The molecule has 5 nitrogen and oxygen atoms in total. The van der Waals surface area contributed by atoms with Crippen LogP contribution in [-0.2, 0) is 14.8 Å². The maximum Gasteiger partial charge on any atom is 0.216 e. The van der Waals surface area contributed by atoms with Gasteiger partial charge >= 0.3 is 0 Å². The molecule has 1 aliphatic rings. The van der Waals surface area contributed by atoms with Crippen LogP contribution in [0.1, 0.15) is 52.9 Å². The molecule has 0 radical (unpaired) electrons. The minimum Gasteiger partial charge on any atom is -0.393 e. The number of nitrogens with zero attached hydrogens (tertiary/aromatic N) is 1. The first-order chi connectivity index (χ1) is 9.33. The third-order valence-corrected chi connectivity index (χ3v) is 5.46. The zero-order valence-corrected chi connectivity index (χ0v) is 13.7. The van der Waals surface area contributed by atoms with Gasteiger partial charge in [-0.25, -0.2) is 8.42 Å². The molecule has 0 aliphatic carbocycles. The lowest BCUT2D eigenvalue weighted by atomic mass is 10.1. The predicted octanol–water partition coefficient (Wildman–Crippen LogP) is 1.76. The molecule has 0 saturated carbocycles. The van der Waals surface area contributed by atoms with Gasteiger partial charge in [-0.3, -0.25) is 0 Å². The summed E-state index contributed by atoms with van der Waals surface area (Å²) in [6, 6.07) is -0.0680. The van der Waals surface area contributed by atoms with Gasteiger partial charge in [0.1, 0.15) is 0 Å². The number of aliphatic hydroxyl groups excluding tert-OH is 1. The Morgan fingerprint density at radius 1 is 1.25 bits per heavy atom. The van der Waals surface area contributed by atoms with Crippen molar-refractivity contribution in [1.82, 2.24) is 4.31 Å². The molecule has 1 N–H and O–H groups in total. The first kappa shape index (κ1) is 17.9. The second kappa shape index (κ2) is 8.32. The van der Waals surface area contributed by atoms with Crippen LogP contribution in [0.4, 0.5) is 0 Å². The van der Waals surface area contributed by atoms with E-state index in [1.54, 1.807) is 11.2 Å². The van der Waals surface area contributed by atoms with Crippen molar-refractivity contribution >= 4 is 10.0 Å². The third kappa shape index (κ3) is 6.08. The van der Waals surface area contributed by atoms with Gasteiger partial charge in [0, 0.05) is 12.6 Å². The zero-order chi connectivity index (χ0) is 15.2. The van der Waals surface area contributed by atoms with E-state index in [1.165, 1.54) is 0 Å². The van der Waals surface area contributed by atoms with Crippen molar-refractivity contribution in [2.24, 2.45) is 0 Å². The van der Waals surface area contributed by atoms with E-state index in [-0.39, 0.29) is 24.5 Å². The molecule has 2 unspecified atom stereocenters. The van der Waals surface area contributed by atoms with Crippen LogP contribution in [0, 0.1) is 0 Å². The maximum atomic E-state index is 12.5. The van der Waals surface area contributed by atoms with E-state index >= 15 is 0 Å². The summed E-state index contributed by atoms with van der Waals surface area (Å²) in [5, 5.41) is 9.58. The molecule has 0 spiro atoms. The Labute approximate surface area is 123 Å². The summed E-state index contributed by atoms with van der Waals surface area (Å²) in [7, 11) is -3.30. The molecule has 1 rings (SSSR count). The van der Waals surface area contributed by atoms with Gasteiger partial charge in [0.2, 0.25) is 10.0 Å². The van der Waals surface area contributed by atoms with Gasteiger partial charge in [-0.1, -0.05) is 12.8 Å². The molecule has 120 valence electrons. The van der Waals surface area contributed by atoms with Gasteiger partial charge in [-0.05, 0) is 40.0 Å². The van der Waals surface area contributed by atoms with Crippen LogP contribution in [0.15, 0.2) is 0 Å². The van der Waals surface area contributed by atoms with Crippen LogP contribution in [-0.4, -0.2) is 55.0 Å². The highest BCUT2D eigenvalue weighted by Crippen LogP contribution is 2.23. The van der Waals surface area contributed by atoms with Gasteiger partial charge in [-0.2, -0.15) is 4.31 Å². The summed E-state index contributed by atoms with van der Waals surface area (Å²) in [6.45, 7) is 6.32. The Morgan fingerprint density at radius 3 is 2.55 bits per heavy atom. The van der Waals surface area contributed by atoms with Crippen LogP contribution in [0.3, 0.4) is 0 Å². The number of aliphatic hydroxyl groups is 1. The normalized spacial score (nSPS) is 23.8. The number of ether oxygens (including phenoxy) is 1. The summed E-state index contributed by atoms with van der Waals surface area (Å²) in [4.78, 5) is 0. The SMILES string of the molecule is CC(O)CC1CCCCCN1S(=O)(=O)CCOC(C)C. The third-order valence-electron chi connectivity index (χ3n) is 3.59. The van der Waals surface area contributed by atoms with Crippen molar-refractivity contribution in [2.75, 3.05) is 18.9 Å². The summed E-state index contributed by atoms with van der Waals surface area (Å²) in [5.74, 6) is 0.0293. The van der Waals surface area contributed by atoms with E-state index in [9.17, 15) is 13.5 Å². The van der Waals surface area contributed by atoms with Crippen LogP contribution < -0.4 is 0 Å². The van der Waals surface area contributed by atoms with Crippen molar-refractivity contribution in [3.05, 3.63) is 0 Å². The molecule has 1 saturated heterocycles. The van der Waals surface area contributed by atoms with E-state index in [2.05, 4.69) is 0 Å². The molecular formula is C14H29NO4S. The fourth-order valence-corrected chi connectivity index (χ4v) is 4.25. The van der Waals surface area contributed by atoms with Crippen LogP contribution in [0.5, 0.6) is 0 Å². The second-order valence-electron chi connectivity index (χ2n) is 5.93. The van der Waals surface area contributed by atoms with E-state index in [4.69, 9.17) is 4.74 Å². The molecule has 1 fully saturated rings. The van der Waals surface area contributed by atoms with Crippen LogP contribution in [0.2, 0.25) is 0 Å². The summed E-state index contributed by atoms with van der Waals surface area (Å²) in [5.41, 5.74) is 0. The first-order valence-electron chi connectivity index (χ1n) is 7.62. The van der Waals surface area contributed by atoms with Gasteiger partial charge in [0.05, 0.1) is 24.6 Å². The average molecular weight is 307 g/mol. The quantitative estimate of drug-likeness (QED) is 0.778. The molecule has 20 heavy (non-hydrogen) atoms. The summed E-state index contributed by atoms with van der Waals surface area (Å²) < 4.78 is 31.9. The fraction of sp³-hybridized carbons (Fsp3) is 1.00. The molecule has 0 amide bonds. The van der Waals surface area contributed by atoms with Crippen LogP contribution >= 0.6 is 0 Å². The lowest BCUT2D eigenvalue weighted by Crippen LogP contribution is -2.43. The van der Waals surface area contributed by atoms with Crippen LogP contribution in [0.25, 0.3) is 0 Å². The Bertz CT molecular complexity index is 367. The molecule has 0 aromatic carbocycles. The lowest BCUT2D eigenvalue weighted by molar-refractivity contribution is 0.0901. The van der Waals surface area contributed by atoms with E-state index < -0.39 is 16.1 Å². The van der Waals surface area contributed by atoms with Gasteiger partial charge in [0.25, 0.3) is 0 Å². The number of rotatable bonds is 7. The Morgan fingerprint density at radius 2 is 1.95 bits per heavy atom. The maximum absolute atomic E-state index is 12.5. The lowest BCUT2D eigenvalue weighted by Gasteiger charge is -2.30. The monoisotopic (exact) mass is 307 g/mol. The van der Waals surface area contributed by atoms with Gasteiger partial charge in [0.15, 0.2) is 0 Å². The summed E-state index contributed by atoms with van der Waals surface area (Å²) in [6.07, 6.45) is 3.93. The molecular weight excluding hydrogens is 278 g/mol. The number of hydrogen-bond donors (Lipinski definition) is 1. The Kier molecular flexibility index (Phi) is 7.43. The van der Waals surface area contributed by atoms with Crippen molar-refractivity contribution in [3.8, 4) is 0 Å². The van der Waals surface area contributed by atoms with E-state index in [0.717, 1.165) is 25.7 Å².